The fourth-order valence-corrected chi connectivity index (χ4v) is 12.3. The summed E-state index contributed by atoms with van der Waals surface area (Å²) < 4.78 is 0. The molecule has 3 aliphatic heterocycles. The number of nitrogens with one attached hydrogen (secondary N) is 7. The van der Waals surface area contributed by atoms with E-state index in [0.29, 0.717) is 17.0 Å². The van der Waals surface area contributed by atoms with Crippen LogP contribution in [0.3, 0.4) is 0 Å². The largest absolute Gasteiger partial charge is 0.391 e. The van der Waals surface area contributed by atoms with E-state index in [0.717, 1.165) is 55.8 Å². The Morgan fingerprint density at radius 1 is 0.805 bits per heavy atom. The van der Waals surface area contributed by atoms with E-state index in [9.17, 15) is 48.3 Å². The van der Waals surface area contributed by atoms with Crippen LogP contribution in [-0.4, -0.2) is 131 Å². The summed E-state index contributed by atoms with van der Waals surface area (Å²) in [4.78, 5) is 128. The summed E-state index contributed by atoms with van der Waals surface area (Å²) in [6.07, 6.45) is -0.655. The van der Waals surface area contributed by atoms with E-state index in [4.69, 9.17) is 17.3 Å². The van der Waals surface area contributed by atoms with E-state index in [-0.39, 0.29) is 48.0 Å². The van der Waals surface area contributed by atoms with Gasteiger partial charge in [0.15, 0.2) is 0 Å². The molecule has 23 heteroatoms. The smallest absolute Gasteiger partial charge is 0.251 e. The van der Waals surface area contributed by atoms with Crippen molar-refractivity contribution in [3.8, 4) is 21.6 Å². The number of halogens is 1. The van der Waals surface area contributed by atoms with Crippen molar-refractivity contribution in [2.24, 2.45) is 11.1 Å². The lowest BCUT2D eigenvalue weighted by Gasteiger charge is -2.39. The third-order valence-corrected chi connectivity index (χ3v) is 17.0. The fraction of sp³-hybridized carbons (Fsp3) is 0.373. The summed E-state index contributed by atoms with van der Waals surface area (Å²) in [5, 5.41) is 32.8. The van der Waals surface area contributed by atoms with Crippen LogP contribution in [0.2, 0.25) is 5.02 Å². The zero-order valence-corrected chi connectivity index (χ0v) is 48.6. The molecule has 20 nitrogen and oxygen atoms in total. The molecule has 8 rings (SSSR count). The fourth-order valence-electron chi connectivity index (χ4n) is 10.3. The van der Waals surface area contributed by atoms with Crippen LogP contribution < -0.4 is 47.9 Å². The van der Waals surface area contributed by atoms with Gasteiger partial charge in [-0.1, -0.05) is 74.8 Å². The van der Waals surface area contributed by atoms with Gasteiger partial charge in [-0.3, -0.25) is 43.2 Å². The molecule has 4 aromatic carbocycles. The molecule has 432 valence electrons. The number of anilines is 2. The van der Waals surface area contributed by atoms with Crippen molar-refractivity contribution in [3.63, 3.8) is 0 Å². The summed E-state index contributed by atoms with van der Waals surface area (Å²) in [5.41, 5.74) is 11.4. The van der Waals surface area contributed by atoms with Gasteiger partial charge in [0.1, 0.15) is 30.2 Å². The van der Waals surface area contributed by atoms with E-state index in [1.165, 1.54) is 23.2 Å². The SMILES string of the molecule is CC(=O)N1c2ccc(-c3ccc(C(=O)NC[C@H]4NC(=O)CNC(=O)[C@@H](c5ccc(-c6sccc6C)cc5)NC(=O)[C@@H]5C[C@@H](O)CN5C(=O)[C@H](C(C)(C)C)NC(=O)CSC[C@H](C(N)=O)NC4=O)cc3)cc2C(Nc2ccc(Cl)cc2)C[C@@H]1C. The molecule has 10 N–H and O–H groups in total. The molecule has 9 amide bonds. The van der Waals surface area contributed by atoms with E-state index in [2.05, 4.69) is 37.2 Å². The van der Waals surface area contributed by atoms with Crippen LogP contribution in [0.5, 0.6) is 0 Å². The number of aliphatic hydroxyl groups excluding tert-OH is 1. The van der Waals surface area contributed by atoms with E-state index >= 15 is 0 Å². The molecule has 5 aromatic rings. The Kier molecular flexibility index (Phi) is 19.1. The highest BCUT2D eigenvalue weighted by Crippen LogP contribution is 2.41. The van der Waals surface area contributed by atoms with Gasteiger partial charge in [-0.2, -0.15) is 0 Å². The molecule has 8 atom stereocenters. The van der Waals surface area contributed by atoms with Gasteiger partial charge in [0, 0.05) is 65.1 Å². The van der Waals surface area contributed by atoms with Gasteiger partial charge in [-0.25, -0.2) is 0 Å². The number of thiophene rings is 1. The van der Waals surface area contributed by atoms with Gasteiger partial charge in [0.25, 0.3) is 5.91 Å². The van der Waals surface area contributed by atoms with E-state index in [1.807, 2.05) is 55.6 Å². The minimum atomic E-state index is -1.55. The number of aryl methyl sites for hydroxylation is 1. The van der Waals surface area contributed by atoms with Crippen molar-refractivity contribution >= 4 is 99.2 Å². The molecule has 0 spiro atoms. The van der Waals surface area contributed by atoms with Crippen molar-refractivity contribution < 1.29 is 48.3 Å². The first-order valence-electron chi connectivity index (χ1n) is 26.8. The molecule has 4 heterocycles. The summed E-state index contributed by atoms with van der Waals surface area (Å²) >= 11 is 8.62. The molecular weight excluding hydrogens is 1110 g/mol. The second-order valence-corrected chi connectivity index (χ2v) is 24.2. The predicted octanol–water partition coefficient (Wildman–Crippen LogP) is 4.74. The van der Waals surface area contributed by atoms with Gasteiger partial charge >= 0.3 is 0 Å². The Balaban J connectivity index is 1.03. The molecule has 2 fully saturated rings. The molecule has 0 aliphatic carbocycles. The lowest BCUT2D eigenvalue weighted by molar-refractivity contribution is -0.144. The van der Waals surface area contributed by atoms with Crippen molar-refractivity contribution in [2.75, 3.05) is 41.4 Å². The second kappa shape index (κ2) is 26.0. The van der Waals surface area contributed by atoms with Crippen LogP contribution >= 0.6 is 34.7 Å². The van der Waals surface area contributed by atoms with Crippen molar-refractivity contribution in [1.82, 2.24) is 36.8 Å². The maximum absolute atomic E-state index is 14.4. The van der Waals surface area contributed by atoms with Crippen LogP contribution in [0, 0.1) is 12.3 Å². The number of primary amides is 1. The van der Waals surface area contributed by atoms with Crippen LogP contribution in [0.1, 0.15) is 86.6 Å². The zero-order chi connectivity index (χ0) is 59.2. The minimum Gasteiger partial charge on any atom is -0.391 e. The number of hydrogen-bond donors (Lipinski definition) is 9. The summed E-state index contributed by atoms with van der Waals surface area (Å²) in [5.74, 6) is -6.91. The van der Waals surface area contributed by atoms with Gasteiger partial charge in [-0.15, -0.1) is 23.1 Å². The Hall–Kier alpha value is -7.79. The third kappa shape index (κ3) is 14.4. The normalized spacial score (nSPS) is 23.4. The Bertz CT molecular complexity index is 3240. The van der Waals surface area contributed by atoms with Crippen molar-refractivity contribution in [1.29, 1.82) is 0 Å². The summed E-state index contributed by atoms with van der Waals surface area (Å²) in [6.45, 7) is 9.19. The summed E-state index contributed by atoms with van der Waals surface area (Å²) in [6, 6.07) is 21.7. The number of carbonyl (C=O) groups excluding carboxylic acids is 9. The van der Waals surface area contributed by atoms with Crippen molar-refractivity contribution in [2.45, 2.75) is 103 Å². The molecule has 2 saturated heterocycles. The number of thioether (sulfide) groups is 1. The number of amides is 9. The molecule has 3 aliphatic rings. The first-order chi connectivity index (χ1) is 38.9. The molecular formula is C59H67ClN10O10S2. The Labute approximate surface area is 488 Å². The Morgan fingerprint density at radius 2 is 1.49 bits per heavy atom. The predicted molar refractivity (Wildman–Crippen MR) is 316 cm³/mol. The number of fused-ring (bicyclic) bond motifs is 2. The van der Waals surface area contributed by atoms with Gasteiger partial charge in [-0.05, 0) is 119 Å². The summed E-state index contributed by atoms with van der Waals surface area (Å²) in [7, 11) is 0. The topological polar surface area (TPSA) is 291 Å². The molecule has 0 saturated carbocycles. The molecule has 1 unspecified atom stereocenters. The first-order valence-corrected chi connectivity index (χ1v) is 29.2. The van der Waals surface area contributed by atoms with Crippen LogP contribution in [0.15, 0.2) is 102 Å². The Morgan fingerprint density at radius 3 is 2.13 bits per heavy atom. The van der Waals surface area contributed by atoms with Gasteiger partial charge in [0.05, 0.1) is 24.4 Å². The third-order valence-electron chi connectivity index (χ3n) is 14.6. The number of aliphatic hydroxyl groups is 1. The number of rotatable bonds is 9. The second-order valence-electron chi connectivity index (χ2n) is 21.8. The average Bonchev–Trinajstić information content (AvgIpc) is 4.03. The molecule has 0 bridgehead atoms. The average molecular weight is 1180 g/mol. The standard InChI is InChI=1S/C59H67ClN10O10S2/c1-31-21-22-82-51(31)36-11-9-35(10-12-36)50-57(79)63-27-48(73)65-44(55(77)66-45(53(61)75)29-81-30-49(74)67-52(59(4,5)6)58(80)69-28-41(72)25-47(69)56(78)68-50)26-62-54(76)37-13-7-34(8-14-37)38-15-20-46-42(24-38)43(23-32(2)70(46)33(3)71)64-40-18-16-39(60)17-19-40/h7-22,24,32,41,43-45,47,50,52,64,72H,23,25-30H2,1-6H3,(H2,61,75)(H,62,76)(H,63,79)(H,65,73)(H,66,77)(H,67,74)(H,68,78)/t32-,41+,43?,44+,45+,47-,50+,52+/m0/s1. The highest BCUT2D eigenvalue weighted by atomic mass is 35.5. The zero-order valence-electron chi connectivity index (χ0n) is 46.2. The number of hydrogen-bond acceptors (Lipinski definition) is 13. The number of benzene rings is 4. The molecule has 1 aromatic heterocycles. The van der Waals surface area contributed by atoms with E-state index in [1.54, 1.807) is 86.3 Å². The molecule has 82 heavy (non-hydrogen) atoms. The number of nitrogens with zero attached hydrogens (tertiary/aromatic N) is 2. The number of nitrogens with two attached hydrogens (primary N) is 1. The maximum Gasteiger partial charge on any atom is 0.251 e. The van der Waals surface area contributed by atoms with Crippen LogP contribution in [-0.2, 0) is 38.4 Å². The molecule has 0 radical (unpaired) electrons. The monoisotopic (exact) mass is 1170 g/mol. The van der Waals surface area contributed by atoms with Crippen LogP contribution in [0.4, 0.5) is 11.4 Å². The maximum atomic E-state index is 14.4. The highest BCUT2D eigenvalue weighted by molar-refractivity contribution is 8.00. The van der Waals surface area contributed by atoms with E-state index < -0.39 is 102 Å². The van der Waals surface area contributed by atoms with Gasteiger partial charge in [0.2, 0.25) is 47.3 Å². The lowest BCUT2D eigenvalue weighted by Crippen LogP contribution is -2.58. The highest BCUT2D eigenvalue weighted by Gasteiger charge is 2.45. The first kappa shape index (κ1) is 60.3. The number of carbonyl (C=O) groups is 9. The van der Waals surface area contributed by atoms with Crippen molar-refractivity contribution in [3.05, 3.63) is 130 Å². The minimum absolute atomic E-state index is 0.0850. The van der Waals surface area contributed by atoms with Crippen LogP contribution in [0.25, 0.3) is 21.6 Å². The van der Waals surface area contributed by atoms with Gasteiger partial charge < -0.3 is 57.9 Å². The lowest BCUT2D eigenvalue weighted by atomic mass is 9.85. The quantitative estimate of drug-likeness (QED) is 0.0968.